The molecular weight excluding hydrogens is 346 g/mol. The Labute approximate surface area is 158 Å². The molecule has 0 bridgehead atoms. The summed E-state index contributed by atoms with van der Waals surface area (Å²) in [6.45, 7) is 1.57. The van der Waals surface area contributed by atoms with Crippen LogP contribution in [0.4, 0.5) is 0 Å². The van der Waals surface area contributed by atoms with Crippen LogP contribution in [0.5, 0.6) is 23.0 Å². The first kappa shape index (κ1) is 17.9. The maximum atomic E-state index is 10.4. The van der Waals surface area contributed by atoms with E-state index in [0.29, 0.717) is 30.9 Å². The monoisotopic (exact) mass is 371 g/mol. The van der Waals surface area contributed by atoms with Gasteiger partial charge in [-0.1, -0.05) is 0 Å². The van der Waals surface area contributed by atoms with Gasteiger partial charge in [-0.3, -0.25) is 4.90 Å². The fourth-order valence-electron chi connectivity index (χ4n) is 4.71. The minimum Gasteiger partial charge on any atom is -0.504 e. The molecule has 6 nitrogen and oxygen atoms in total. The SMILES string of the molecule is COc1cc2c(cc1O)CN1CCc3cc(OC)c(O)cc3C1(CCO)C2. The molecular formula is C21H25NO5. The predicted molar refractivity (Wildman–Crippen MR) is 101 cm³/mol. The lowest BCUT2D eigenvalue weighted by atomic mass is 9.71. The maximum absolute atomic E-state index is 10.4. The Kier molecular flexibility index (Phi) is 4.40. The lowest BCUT2D eigenvalue weighted by Gasteiger charge is -2.52. The van der Waals surface area contributed by atoms with Crippen LogP contribution in [0.2, 0.25) is 0 Å². The van der Waals surface area contributed by atoms with Crippen molar-refractivity contribution >= 4 is 0 Å². The number of rotatable bonds is 4. The second kappa shape index (κ2) is 6.62. The molecule has 0 aromatic heterocycles. The van der Waals surface area contributed by atoms with E-state index in [0.717, 1.165) is 35.2 Å². The highest BCUT2D eigenvalue weighted by atomic mass is 16.5. The fourth-order valence-corrected chi connectivity index (χ4v) is 4.71. The first-order chi connectivity index (χ1) is 13.0. The van der Waals surface area contributed by atoms with Gasteiger partial charge >= 0.3 is 0 Å². The van der Waals surface area contributed by atoms with Crippen molar-refractivity contribution in [3.63, 3.8) is 0 Å². The number of hydrogen-bond donors (Lipinski definition) is 3. The van der Waals surface area contributed by atoms with Crippen molar-refractivity contribution in [3.8, 4) is 23.0 Å². The van der Waals surface area contributed by atoms with Crippen LogP contribution in [-0.4, -0.2) is 47.6 Å². The number of fused-ring (bicyclic) bond motifs is 4. The second-order valence-electron chi connectivity index (χ2n) is 7.33. The van der Waals surface area contributed by atoms with E-state index in [1.807, 2.05) is 12.1 Å². The molecule has 3 N–H and O–H groups in total. The lowest BCUT2D eigenvalue weighted by Crippen LogP contribution is -2.54. The Hall–Kier alpha value is -2.44. The van der Waals surface area contributed by atoms with Crippen molar-refractivity contribution in [2.75, 3.05) is 27.4 Å². The van der Waals surface area contributed by atoms with E-state index >= 15 is 0 Å². The van der Waals surface area contributed by atoms with Crippen molar-refractivity contribution in [2.45, 2.75) is 31.3 Å². The molecule has 0 aliphatic carbocycles. The Morgan fingerprint density at radius 1 is 0.963 bits per heavy atom. The van der Waals surface area contributed by atoms with Crippen LogP contribution in [0.25, 0.3) is 0 Å². The van der Waals surface area contributed by atoms with Crippen molar-refractivity contribution in [1.82, 2.24) is 4.90 Å². The van der Waals surface area contributed by atoms with Gasteiger partial charge in [-0.25, -0.2) is 0 Å². The van der Waals surface area contributed by atoms with Crippen LogP contribution in [0.15, 0.2) is 24.3 Å². The van der Waals surface area contributed by atoms with Gasteiger partial charge in [0.2, 0.25) is 0 Å². The lowest BCUT2D eigenvalue weighted by molar-refractivity contribution is 0.0284. The molecule has 0 spiro atoms. The summed E-state index contributed by atoms with van der Waals surface area (Å²) >= 11 is 0. The molecule has 0 saturated carbocycles. The second-order valence-corrected chi connectivity index (χ2v) is 7.33. The molecule has 0 fully saturated rings. The van der Waals surface area contributed by atoms with Crippen LogP contribution >= 0.6 is 0 Å². The average Bonchev–Trinajstić information content (AvgIpc) is 2.66. The molecule has 27 heavy (non-hydrogen) atoms. The Morgan fingerprint density at radius 2 is 1.63 bits per heavy atom. The summed E-state index contributed by atoms with van der Waals surface area (Å²) in [5.41, 5.74) is 3.95. The van der Waals surface area contributed by atoms with Gasteiger partial charge in [0.1, 0.15) is 0 Å². The first-order valence-electron chi connectivity index (χ1n) is 9.17. The van der Waals surface area contributed by atoms with Gasteiger partial charge in [-0.15, -0.1) is 0 Å². The summed E-state index contributed by atoms with van der Waals surface area (Å²) in [5, 5.41) is 30.4. The van der Waals surface area contributed by atoms with Crippen LogP contribution in [0.3, 0.4) is 0 Å². The van der Waals surface area contributed by atoms with Crippen LogP contribution in [0.1, 0.15) is 28.7 Å². The van der Waals surface area contributed by atoms with Gasteiger partial charge in [0.25, 0.3) is 0 Å². The fraction of sp³-hybridized carbons (Fsp3) is 0.429. The Morgan fingerprint density at radius 3 is 2.30 bits per heavy atom. The van der Waals surface area contributed by atoms with Crippen molar-refractivity contribution in [2.24, 2.45) is 0 Å². The summed E-state index contributed by atoms with van der Waals surface area (Å²) in [6.07, 6.45) is 2.09. The van der Waals surface area contributed by atoms with E-state index < -0.39 is 5.54 Å². The zero-order valence-electron chi connectivity index (χ0n) is 15.7. The number of aromatic hydroxyl groups is 2. The van der Waals surface area contributed by atoms with Crippen molar-refractivity contribution < 1.29 is 24.8 Å². The number of methoxy groups -OCH3 is 2. The van der Waals surface area contributed by atoms with Crippen molar-refractivity contribution in [3.05, 3.63) is 46.5 Å². The van der Waals surface area contributed by atoms with Crippen LogP contribution in [0, 0.1) is 0 Å². The largest absolute Gasteiger partial charge is 0.504 e. The van der Waals surface area contributed by atoms with Gasteiger partial charge < -0.3 is 24.8 Å². The highest BCUT2D eigenvalue weighted by Gasteiger charge is 2.46. The van der Waals surface area contributed by atoms with Crippen molar-refractivity contribution in [1.29, 1.82) is 0 Å². The molecule has 0 amide bonds. The molecule has 0 saturated heterocycles. The number of aliphatic hydroxyl groups excluding tert-OH is 1. The number of phenols is 2. The summed E-state index contributed by atoms with van der Waals surface area (Å²) < 4.78 is 10.6. The number of phenolic OH excluding ortho intramolecular Hbond substituents is 2. The molecule has 2 heterocycles. The third kappa shape index (κ3) is 2.71. The number of aliphatic hydroxyl groups is 1. The summed E-state index contributed by atoms with van der Waals surface area (Å²) in [7, 11) is 3.09. The van der Waals surface area contributed by atoms with E-state index in [4.69, 9.17) is 9.47 Å². The van der Waals surface area contributed by atoms with E-state index in [9.17, 15) is 15.3 Å². The molecule has 2 aliphatic rings. The molecule has 1 atom stereocenters. The Bertz CT molecular complexity index is 881. The molecule has 1 unspecified atom stereocenters. The topological polar surface area (TPSA) is 82.4 Å². The number of ether oxygens (including phenoxy) is 2. The van der Waals surface area contributed by atoms with Gasteiger partial charge in [-0.2, -0.15) is 0 Å². The number of benzene rings is 2. The Balaban J connectivity index is 1.87. The standard InChI is InChI=1S/C21H25NO5/c1-26-19-8-13-3-5-22-12-15-7-17(24)20(27-2)9-14(15)11-21(22,4-6-23)16(13)10-18(19)25/h7-10,23-25H,3-6,11-12H2,1-2H3. The number of nitrogens with zero attached hydrogens (tertiary/aromatic N) is 1. The molecule has 6 heteroatoms. The highest BCUT2D eigenvalue weighted by molar-refractivity contribution is 5.54. The third-order valence-corrected chi connectivity index (χ3v) is 6.03. The average molecular weight is 371 g/mol. The third-order valence-electron chi connectivity index (χ3n) is 6.03. The van der Waals surface area contributed by atoms with Gasteiger partial charge in [0.15, 0.2) is 23.0 Å². The smallest absolute Gasteiger partial charge is 0.160 e. The van der Waals surface area contributed by atoms with Gasteiger partial charge in [0, 0.05) is 19.7 Å². The predicted octanol–water partition coefficient (Wildman–Crippen LogP) is 2.31. The van der Waals surface area contributed by atoms with Gasteiger partial charge in [-0.05, 0) is 65.8 Å². The normalized spacial score (nSPS) is 21.1. The van der Waals surface area contributed by atoms with Crippen LogP contribution in [-0.2, 0) is 24.9 Å². The molecule has 144 valence electrons. The van der Waals surface area contributed by atoms with E-state index in [-0.39, 0.29) is 18.1 Å². The molecule has 2 aromatic rings. The first-order valence-corrected chi connectivity index (χ1v) is 9.17. The molecule has 2 aliphatic heterocycles. The minimum atomic E-state index is -0.402. The van der Waals surface area contributed by atoms with Gasteiger partial charge in [0.05, 0.1) is 19.8 Å². The quantitative estimate of drug-likeness (QED) is 0.765. The summed E-state index contributed by atoms with van der Waals surface area (Å²) in [5.74, 6) is 1.19. The van der Waals surface area contributed by atoms with E-state index in [2.05, 4.69) is 4.90 Å². The molecule has 0 radical (unpaired) electrons. The molecule has 4 rings (SSSR count). The zero-order valence-corrected chi connectivity index (χ0v) is 15.7. The molecule has 2 aromatic carbocycles. The number of hydrogen-bond acceptors (Lipinski definition) is 6. The highest BCUT2D eigenvalue weighted by Crippen LogP contribution is 2.49. The maximum Gasteiger partial charge on any atom is 0.160 e. The summed E-state index contributed by atoms with van der Waals surface area (Å²) in [6, 6.07) is 7.36. The van der Waals surface area contributed by atoms with E-state index in [1.54, 1.807) is 26.4 Å². The van der Waals surface area contributed by atoms with E-state index in [1.165, 1.54) is 0 Å². The minimum absolute atomic E-state index is 0.0489. The summed E-state index contributed by atoms with van der Waals surface area (Å²) in [4.78, 5) is 2.35. The van der Waals surface area contributed by atoms with Crippen LogP contribution < -0.4 is 9.47 Å². The zero-order chi connectivity index (χ0) is 19.2.